The van der Waals surface area contributed by atoms with E-state index in [1.165, 1.54) is 36.6 Å². The molecule has 158 valence electrons. The Balaban J connectivity index is 1.73. The average molecular weight is 475 g/mol. The summed E-state index contributed by atoms with van der Waals surface area (Å²) in [4.78, 5) is 4.44. The summed E-state index contributed by atoms with van der Waals surface area (Å²) in [7, 11) is -2.62. The number of hydrogen-bond donors (Lipinski definition) is 1. The zero-order chi connectivity index (χ0) is 22.0. The van der Waals surface area contributed by atoms with Gasteiger partial charge in [0.05, 0.1) is 18.5 Å². The van der Waals surface area contributed by atoms with Crippen molar-refractivity contribution in [3.8, 4) is 27.6 Å². The van der Waals surface area contributed by atoms with E-state index in [9.17, 15) is 12.8 Å². The fourth-order valence-electron chi connectivity index (χ4n) is 3.01. The lowest BCUT2D eigenvalue weighted by Crippen LogP contribution is -2.14. The monoisotopic (exact) mass is 474 g/mol. The first-order valence-electron chi connectivity index (χ1n) is 9.05. The number of anilines is 1. The maximum absolute atomic E-state index is 14.1. The van der Waals surface area contributed by atoms with Crippen LogP contribution in [0.4, 0.5) is 10.1 Å². The lowest BCUT2D eigenvalue weighted by molar-refractivity contribution is 0.403. The van der Waals surface area contributed by atoms with Crippen molar-refractivity contribution >= 4 is 38.6 Å². The van der Waals surface area contributed by atoms with Gasteiger partial charge in [-0.2, -0.15) is 0 Å². The molecule has 0 saturated heterocycles. The predicted octanol–water partition coefficient (Wildman–Crippen LogP) is 6.08. The summed E-state index contributed by atoms with van der Waals surface area (Å²) >= 11 is 7.27. The zero-order valence-electron chi connectivity index (χ0n) is 16.2. The standard InChI is InChI=1S/C22H16ClFN2O3S2/c1-29-20-11-10-14(23)12-21(20)31(27,28)26-18-9-5-3-7-16(18)19-13-30-22(25-19)15-6-2-4-8-17(15)24/h2-13,26H,1H3. The van der Waals surface area contributed by atoms with Crippen LogP contribution in [0.1, 0.15) is 0 Å². The van der Waals surface area contributed by atoms with Crippen LogP contribution in [-0.2, 0) is 10.0 Å². The summed E-state index contributed by atoms with van der Waals surface area (Å²) in [6.07, 6.45) is 0. The average Bonchev–Trinajstić information content (AvgIpc) is 3.24. The van der Waals surface area contributed by atoms with Gasteiger partial charge in [0.15, 0.2) is 0 Å². The van der Waals surface area contributed by atoms with Crippen LogP contribution < -0.4 is 9.46 Å². The number of para-hydroxylation sites is 1. The largest absolute Gasteiger partial charge is 0.495 e. The molecule has 0 aliphatic heterocycles. The van der Waals surface area contributed by atoms with Gasteiger partial charge >= 0.3 is 0 Å². The number of halogens is 2. The molecule has 0 bridgehead atoms. The Morgan fingerprint density at radius 1 is 1.03 bits per heavy atom. The first-order valence-corrected chi connectivity index (χ1v) is 11.8. The Labute approximate surface area is 188 Å². The molecule has 31 heavy (non-hydrogen) atoms. The molecule has 9 heteroatoms. The van der Waals surface area contributed by atoms with Crippen molar-refractivity contribution in [2.24, 2.45) is 0 Å². The topological polar surface area (TPSA) is 68.3 Å². The normalized spacial score (nSPS) is 11.3. The highest BCUT2D eigenvalue weighted by Crippen LogP contribution is 2.35. The number of sulfonamides is 1. The highest BCUT2D eigenvalue weighted by Gasteiger charge is 2.22. The van der Waals surface area contributed by atoms with Crippen molar-refractivity contribution in [3.05, 3.63) is 82.9 Å². The van der Waals surface area contributed by atoms with Gasteiger partial charge in [-0.1, -0.05) is 41.9 Å². The quantitative estimate of drug-likeness (QED) is 0.367. The first-order chi connectivity index (χ1) is 14.9. The van der Waals surface area contributed by atoms with Crippen LogP contribution in [-0.4, -0.2) is 20.5 Å². The number of thiazole rings is 1. The second kappa shape index (κ2) is 8.66. The first kappa shape index (κ1) is 21.3. The summed E-state index contributed by atoms with van der Waals surface area (Å²) in [5.41, 5.74) is 1.81. The van der Waals surface area contributed by atoms with Gasteiger partial charge < -0.3 is 4.74 Å². The van der Waals surface area contributed by atoms with Crippen LogP contribution in [0.5, 0.6) is 5.75 Å². The van der Waals surface area contributed by atoms with Gasteiger partial charge in [-0.15, -0.1) is 11.3 Å². The summed E-state index contributed by atoms with van der Waals surface area (Å²) in [6, 6.07) is 17.6. The van der Waals surface area contributed by atoms with E-state index in [2.05, 4.69) is 9.71 Å². The Bertz CT molecular complexity index is 1360. The molecule has 0 unspecified atom stereocenters. The Morgan fingerprint density at radius 2 is 1.74 bits per heavy atom. The summed E-state index contributed by atoms with van der Waals surface area (Å²) < 4.78 is 48.0. The highest BCUT2D eigenvalue weighted by atomic mass is 35.5. The number of nitrogens with one attached hydrogen (secondary N) is 1. The van der Waals surface area contributed by atoms with E-state index in [-0.39, 0.29) is 21.5 Å². The minimum Gasteiger partial charge on any atom is -0.495 e. The fraction of sp³-hybridized carbons (Fsp3) is 0.0455. The van der Waals surface area contributed by atoms with E-state index in [4.69, 9.17) is 16.3 Å². The number of rotatable bonds is 6. The Kier molecular flexibility index (Phi) is 5.95. The van der Waals surface area contributed by atoms with Crippen molar-refractivity contribution < 1.29 is 17.5 Å². The second-order valence-corrected chi connectivity index (χ2v) is 9.41. The number of methoxy groups -OCH3 is 1. The van der Waals surface area contributed by atoms with Gasteiger partial charge in [0.1, 0.15) is 21.5 Å². The van der Waals surface area contributed by atoms with Gasteiger partial charge in [-0.25, -0.2) is 17.8 Å². The van der Waals surface area contributed by atoms with Crippen molar-refractivity contribution in [3.63, 3.8) is 0 Å². The molecule has 0 aliphatic carbocycles. The predicted molar refractivity (Wildman–Crippen MR) is 122 cm³/mol. The number of hydrogen-bond acceptors (Lipinski definition) is 5. The van der Waals surface area contributed by atoms with E-state index in [0.29, 0.717) is 27.5 Å². The van der Waals surface area contributed by atoms with Gasteiger partial charge in [-0.05, 0) is 36.4 Å². The van der Waals surface area contributed by atoms with E-state index in [1.54, 1.807) is 53.9 Å². The Hall–Kier alpha value is -2.94. The lowest BCUT2D eigenvalue weighted by atomic mass is 10.1. The molecule has 0 saturated carbocycles. The van der Waals surface area contributed by atoms with Gasteiger partial charge in [0.25, 0.3) is 10.0 Å². The summed E-state index contributed by atoms with van der Waals surface area (Å²) in [5, 5.41) is 2.53. The third-order valence-electron chi connectivity index (χ3n) is 4.47. The third kappa shape index (κ3) is 4.41. The zero-order valence-corrected chi connectivity index (χ0v) is 18.6. The molecule has 0 spiro atoms. The van der Waals surface area contributed by atoms with E-state index in [0.717, 1.165) is 0 Å². The molecule has 4 rings (SSSR count). The molecule has 3 aromatic carbocycles. The number of ether oxygens (including phenoxy) is 1. The number of nitrogens with zero attached hydrogens (tertiary/aromatic N) is 1. The van der Waals surface area contributed by atoms with E-state index in [1.807, 2.05) is 0 Å². The molecule has 1 N–H and O–H groups in total. The third-order valence-corrected chi connectivity index (χ3v) is 6.97. The van der Waals surface area contributed by atoms with Crippen LogP contribution in [0.15, 0.2) is 77.0 Å². The molecule has 0 fully saturated rings. The van der Waals surface area contributed by atoms with Crippen LogP contribution in [0, 0.1) is 5.82 Å². The molecular formula is C22H16ClFN2O3S2. The minimum atomic E-state index is -4.00. The van der Waals surface area contributed by atoms with Crippen molar-refractivity contribution in [1.29, 1.82) is 0 Å². The second-order valence-electron chi connectivity index (χ2n) is 6.46. The minimum absolute atomic E-state index is 0.0809. The molecule has 0 radical (unpaired) electrons. The number of benzene rings is 3. The van der Waals surface area contributed by atoms with Crippen LogP contribution in [0.25, 0.3) is 21.8 Å². The number of aromatic nitrogens is 1. The maximum atomic E-state index is 14.1. The SMILES string of the molecule is COc1ccc(Cl)cc1S(=O)(=O)Nc1ccccc1-c1csc(-c2ccccc2F)n1. The van der Waals surface area contributed by atoms with E-state index >= 15 is 0 Å². The molecule has 1 heterocycles. The smallest absolute Gasteiger partial charge is 0.265 e. The van der Waals surface area contributed by atoms with Crippen LogP contribution >= 0.6 is 22.9 Å². The van der Waals surface area contributed by atoms with Crippen LogP contribution in [0.3, 0.4) is 0 Å². The van der Waals surface area contributed by atoms with Gasteiger partial charge in [-0.3, -0.25) is 4.72 Å². The molecule has 0 aliphatic rings. The Morgan fingerprint density at radius 3 is 2.48 bits per heavy atom. The summed E-state index contributed by atoms with van der Waals surface area (Å²) in [6.45, 7) is 0. The van der Waals surface area contributed by atoms with Crippen molar-refractivity contribution in [1.82, 2.24) is 4.98 Å². The molecule has 5 nitrogen and oxygen atoms in total. The lowest BCUT2D eigenvalue weighted by Gasteiger charge is -2.14. The van der Waals surface area contributed by atoms with Crippen molar-refractivity contribution in [2.45, 2.75) is 4.90 Å². The molecule has 4 aromatic rings. The van der Waals surface area contributed by atoms with Gasteiger partial charge in [0, 0.05) is 21.5 Å². The van der Waals surface area contributed by atoms with E-state index < -0.39 is 10.0 Å². The summed E-state index contributed by atoms with van der Waals surface area (Å²) in [5.74, 6) is -0.199. The highest BCUT2D eigenvalue weighted by molar-refractivity contribution is 7.92. The van der Waals surface area contributed by atoms with Gasteiger partial charge in [0.2, 0.25) is 0 Å². The molecule has 1 aromatic heterocycles. The van der Waals surface area contributed by atoms with Crippen molar-refractivity contribution in [2.75, 3.05) is 11.8 Å². The maximum Gasteiger partial charge on any atom is 0.265 e. The molecule has 0 atom stereocenters. The van der Waals surface area contributed by atoms with Crippen LogP contribution in [0.2, 0.25) is 5.02 Å². The molecular weight excluding hydrogens is 459 g/mol. The fourth-order valence-corrected chi connectivity index (χ4v) is 5.37. The molecule has 0 amide bonds.